The number of hydrogen-bond donors (Lipinski definition) is 1. The Labute approximate surface area is 319 Å². The average molecular weight is 703 g/mol. The molecule has 0 unspecified atom stereocenters. The Bertz CT molecular complexity index is 2970. The zero-order chi connectivity index (χ0) is 36.6. The van der Waals surface area contributed by atoms with Crippen LogP contribution < -0.4 is 0 Å². The first-order chi connectivity index (χ1) is 27.3. The molecule has 8 aromatic carbocycles. The van der Waals surface area contributed by atoms with Crippen LogP contribution in [0.25, 0.3) is 100.0 Å². The summed E-state index contributed by atoms with van der Waals surface area (Å²) in [5.74, 6) is 0. The molecule has 10 aromatic rings. The summed E-state index contributed by atoms with van der Waals surface area (Å²) in [6.07, 6.45) is 0. The largest absolute Gasteiger partial charge is 0.354 e. The first-order valence-corrected chi connectivity index (χ1v) is 18.5. The number of H-pyrrole nitrogens is 1. The molecule has 0 aliphatic rings. The van der Waals surface area contributed by atoms with Gasteiger partial charge in [0.15, 0.2) is 0 Å². The molecule has 0 aliphatic carbocycles. The number of benzene rings is 8. The molecular formula is C51H34N4. The van der Waals surface area contributed by atoms with Gasteiger partial charge in [-0.2, -0.15) is 0 Å². The summed E-state index contributed by atoms with van der Waals surface area (Å²) in [7, 11) is 0. The van der Waals surface area contributed by atoms with Crippen molar-refractivity contribution in [2.24, 2.45) is 0 Å². The normalized spacial score (nSPS) is 11.3. The molecule has 0 bridgehead atoms. The molecule has 0 fully saturated rings. The molecule has 55 heavy (non-hydrogen) atoms. The van der Waals surface area contributed by atoms with Crippen LogP contribution in [0.3, 0.4) is 0 Å². The zero-order valence-electron chi connectivity index (χ0n) is 29.9. The van der Waals surface area contributed by atoms with Crippen LogP contribution in [0.1, 0.15) is 0 Å². The highest BCUT2D eigenvalue weighted by molar-refractivity contribution is 6.17. The fraction of sp³-hybridized carbons (Fsp3) is 0. The van der Waals surface area contributed by atoms with E-state index in [1.54, 1.807) is 0 Å². The molecule has 0 atom stereocenters. The van der Waals surface area contributed by atoms with Crippen LogP contribution in [-0.2, 0) is 0 Å². The first kappa shape index (κ1) is 32.2. The van der Waals surface area contributed by atoms with Crippen molar-refractivity contribution in [1.29, 1.82) is 0 Å². The van der Waals surface area contributed by atoms with Gasteiger partial charge < -0.3 is 4.98 Å². The Morgan fingerprint density at radius 1 is 0.291 bits per heavy atom. The van der Waals surface area contributed by atoms with Crippen molar-refractivity contribution < 1.29 is 0 Å². The lowest BCUT2D eigenvalue weighted by atomic mass is 9.84. The minimum atomic E-state index is 0.760. The zero-order valence-corrected chi connectivity index (χ0v) is 29.9. The highest BCUT2D eigenvalue weighted by Gasteiger charge is 2.26. The molecule has 0 amide bonds. The van der Waals surface area contributed by atoms with Crippen molar-refractivity contribution in [3.8, 4) is 78.1 Å². The van der Waals surface area contributed by atoms with Crippen molar-refractivity contribution in [1.82, 2.24) is 20.4 Å². The van der Waals surface area contributed by atoms with Crippen LogP contribution >= 0.6 is 0 Å². The number of fused-ring (bicyclic) bond motifs is 3. The summed E-state index contributed by atoms with van der Waals surface area (Å²) in [5, 5.41) is 16.7. The fourth-order valence-corrected chi connectivity index (χ4v) is 8.05. The fourth-order valence-electron chi connectivity index (χ4n) is 8.05. The maximum absolute atomic E-state index is 5.04. The number of aromatic nitrogens is 4. The van der Waals surface area contributed by atoms with Gasteiger partial charge in [-0.3, -0.25) is 0 Å². The summed E-state index contributed by atoms with van der Waals surface area (Å²) in [5.41, 5.74) is 16.5. The summed E-state index contributed by atoms with van der Waals surface area (Å²) in [4.78, 5) is 3.85. The minimum Gasteiger partial charge on any atom is -0.354 e. The van der Waals surface area contributed by atoms with Gasteiger partial charge in [0.1, 0.15) is 11.4 Å². The predicted octanol–water partition coefficient (Wildman–Crippen LogP) is 13.2. The second-order valence-electron chi connectivity index (χ2n) is 13.7. The van der Waals surface area contributed by atoms with E-state index in [4.69, 9.17) is 10.2 Å². The summed E-state index contributed by atoms with van der Waals surface area (Å²) >= 11 is 0. The van der Waals surface area contributed by atoms with Gasteiger partial charge in [-0.1, -0.05) is 194 Å². The van der Waals surface area contributed by atoms with Gasteiger partial charge in [0.2, 0.25) is 0 Å². The Morgan fingerprint density at radius 3 is 1.38 bits per heavy atom. The smallest absolute Gasteiger partial charge is 0.108 e. The molecule has 4 heteroatoms. The maximum Gasteiger partial charge on any atom is 0.108 e. The molecule has 0 aliphatic heterocycles. The Morgan fingerprint density at radius 2 is 0.745 bits per heavy atom. The number of nitrogens with zero attached hydrogens (tertiary/aromatic N) is 3. The van der Waals surface area contributed by atoms with E-state index >= 15 is 0 Å². The highest BCUT2D eigenvalue weighted by atomic mass is 15.3. The van der Waals surface area contributed by atoms with E-state index in [0.29, 0.717) is 0 Å². The summed E-state index contributed by atoms with van der Waals surface area (Å²) in [6, 6.07) is 70.5. The number of rotatable bonds is 7. The molecular weight excluding hydrogens is 669 g/mol. The van der Waals surface area contributed by atoms with Crippen molar-refractivity contribution >= 4 is 21.8 Å². The van der Waals surface area contributed by atoms with Crippen molar-refractivity contribution in [3.05, 3.63) is 200 Å². The van der Waals surface area contributed by atoms with Gasteiger partial charge in [0.05, 0.1) is 5.52 Å². The third-order valence-electron chi connectivity index (χ3n) is 10.5. The van der Waals surface area contributed by atoms with Crippen LogP contribution in [0.5, 0.6) is 0 Å². The Kier molecular flexibility index (Phi) is 8.12. The van der Waals surface area contributed by atoms with Gasteiger partial charge in [0.25, 0.3) is 0 Å². The summed E-state index contributed by atoms with van der Waals surface area (Å²) in [6.45, 7) is 0. The van der Waals surface area contributed by atoms with E-state index in [1.807, 2.05) is 18.2 Å². The standard InChI is InChI=1S/C51H34N4/c1-4-18-34(19-5-1)37-24-10-12-26-39(37)40-27-13-14-28-41(40)44-32-33-45-42-29-16-17-31-46(42)52-50(45)48(44)51-47(49(53-55-54-51)36-22-8-3-9-23-36)43-30-15-11-25-38(43)35-20-6-2-7-21-35/h1-33,52H. The molecule has 0 radical (unpaired) electrons. The highest BCUT2D eigenvalue weighted by Crippen LogP contribution is 2.49. The molecule has 2 heterocycles. The van der Waals surface area contributed by atoms with Gasteiger partial charge in [-0.15, -0.1) is 10.2 Å². The van der Waals surface area contributed by atoms with Crippen molar-refractivity contribution in [3.63, 3.8) is 0 Å². The number of nitrogens with one attached hydrogen (secondary N) is 1. The lowest BCUT2D eigenvalue weighted by Gasteiger charge is -2.20. The van der Waals surface area contributed by atoms with Crippen LogP contribution in [0, 0.1) is 0 Å². The van der Waals surface area contributed by atoms with Crippen molar-refractivity contribution in [2.75, 3.05) is 0 Å². The number of hydrogen-bond acceptors (Lipinski definition) is 3. The third kappa shape index (κ3) is 5.68. The van der Waals surface area contributed by atoms with Gasteiger partial charge in [0, 0.05) is 33.0 Å². The van der Waals surface area contributed by atoms with E-state index in [2.05, 4.69) is 192 Å². The third-order valence-corrected chi connectivity index (χ3v) is 10.5. The van der Waals surface area contributed by atoms with Crippen LogP contribution in [0.2, 0.25) is 0 Å². The molecule has 4 nitrogen and oxygen atoms in total. The van der Waals surface area contributed by atoms with Crippen LogP contribution in [-0.4, -0.2) is 20.4 Å². The lowest BCUT2D eigenvalue weighted by molar-refractivity contribution is 0.879. The molecule has 0 saturated heterocycles. The lowest BCUT2D eigenvalue weighted by Crippen LogP contribution is -2.03. The van der Waals surface area contributed by atoms with E-state index in [9.17, 15) is 0 Å². The van der Waals surface area contributed by atoms with Gasteiger partial charge >= 0.3 is 0 Å². The monoisotopic (exact) mass is 702 g/mol. The van der Waals surface area contributed by atoms with E-state index in [-0.39, 0.29) is 0 Å². The molecule has 2 aromatic heterocycles. The molecule has 258 valence electrons. The van der Waals surface area contributed by atoms with E-state index in [0.717, 1.165) is 88.8 Å². The number of aromatic amines is 1. The SMILES string of the molecule is c1ccc(-c2ccccc2-c2ccccc2-c2ccc3c([nH]c4ccccc43)c2-c2nnnc(-c3ccccc3)c2-c2ccccc2-c2ccccc2)cc1. The Hall–Kier alpha value is -7.43. The molecule has 0 spiro atoms. The van der Waals surface area contributed by atoms with Crippen LogP contribution in [0.15, 0.2) is 200 Å². The predicted molar refractivity (Wildman–Crippen MR) is 227 cm³/mol. The second-order valence-corrected chi connectivity index (χ2v) is 13.7. The molecule has 10 rings (SSSR count). The van der Waals surface area contributed by atoms with Gasteiger partial charge in [-0.05, 0) is 61.4 Å². The summed E-state index contributed by atoms with van der Waals surface area (Å²) < 4.78 is 0. The van der Waals surface area contributed by atoms with Crippen molar-refractivity contribution in [2.45, 2.75) is 0 Å². The quantitative estimate of drug-likeness (QED) is 0.180. The molecule has 0 saturated carbocycles. The van der Waals surface area contributed by atoms with E-state index in [1.165, 1.54) is 11.1 Å². The van der Waals surface area contributed by atoms with E-state index < -0.39 is 0 Å². The topological polar surface area (TPSA) is 54.5 Å². The Balaban J connectivity index is 1.33. The van der Waals surface area contributed by atoms with Crippen LogP contribution in [0.4, 0.5) is 0 Å². The molecule has 1 N–H and O–H groups in total. The van der Waals surface area contributed by atoms with Gasteiger partial charge in [-0.25, -0.2) is 0 Å². The maximum atomic E-state index is 5.04. The minimum absolute atomic E-state index is 0.760. The second kappa shape index (κ2) is 13.8. The average Bonchev–Trinajstić information content (AvgIpc) is 3.66. The first-order valence-electron chi connectivity index (χ1n) is 18.5. The number of para-hydroxylation sites is 1.